The van der Waals surface area contributed by atoms with Gasteiger partial charge in [-0.05, 0) is 42.6 Å². The third-order valence-corrected chi connectivity index (χ3v) is 4.67. The molecule has 1 aliphatic rings. The van der Waals surface area contributed by atoms with E-state index < -0.39 is 5.97 Å². The Morgan fingerprint density at radius 2 is 1.84 bits per heavy atom. The fourth-order valence-corrected chi connectivity index (χ4v) is 2.77. The average molecular weight is 269 g/mol. The Hall–Kier alpha value is -0.570. The van der Waals surface area contributed by atoms with Gasteiger partial charge in [0.2, 0.25) is 0 Å². The smallest absolute Gasteiger partial charge is 0.303 e. The van der Waals surface area contributed by atoms with Crippen molar-refractivity contribution in [1.29, 1.82) is 0 Å². The molecule has 1 unspecified atom stereocenters. The van der Waals surface area contributed by atoms with Gasteiger partial charge in [-0.2, -0.15) is 0 Å². The number of nitrogens with zero attached hydrogens (tertiary/aromatic N) is 1. The van der Waals surface area contributed by atoms with Crippen LogP contribution in [-0.2, 0) is 4.79 Å². The molecule has 1 atom stereocenters. The summed E-state index contributed by atoms with van der Waals surface area (Å²) in [4.78, 5) is 13.2. The van der Waals surface area contributed by atoms with Crippen LogP contribution in [0, 0.1) is 23.2 Å². The third kappa shape index (κ3) is 5.52. The summed E-state index contributed by atoms with van der Waals surface area (Å²) in [6.45, 7) is 14.9. The Labute approximate surface area is 118 Å². The molecule has 0 aromatic rings. The van der Waals surface area contributed by atoms with E-state index >= 15 is 0 Å². The lowest BCUT2D eigenvalue weighted by Gasteiger charge is -2.47. The lowest BCUT2D eigenvalue weighted by atomic mass is 9.75. The van der Waals surface area contributed by atoms with Crippen LogP contribution in [0.5, 0.6) is 0 Å². The molecule has 1 rings (SSSR count). The minimum atomic E-state index is -0.664. The zero-order chi connectivity index (χ0) is 14.6. The first-order chi connectivity index (χ1) is 8.70. The van der Waals surface area contributed by atoms with Gasteiger partial charge in [0.25, 0.3) is 0 Å². The van der Waals surface area contributed by atoms with Crippen LogP contribution in [0.3, 0.4) is 0 Å². The van der Waals surface area contributed by atoms with E-state index in [1.54, 1.807) is 0 Å². The number of rotatable bonds is 7. The maximum atomic E-state index is 10.7. The predicted octanol–water partition coefficient (Wildman–Crippen LogP) is 3.49. The molecule has 1 heterocycles. The van der Waals surface area contributed by atoms with Crippen LogP contribution in [0.1, 0.15) is 53.9 Å². The second kappa shape index (κ2) is 6.74. The lowest BCUT2D eigenvalue weighted by Crippen LogP contribution is -2.52. The van der Waals surface area contributed by atoms with Gasteiger partial charge in [-0.25, -0.2) is 0 Å². The fourth-order valence-electron chi connectivity index (χ4n) is 2.77. The molecular formula is C16H31NO2. The Bertz CT molecular complexity index is 288. The summed E-state index contributed by atoms with van der Waals surface area (Å²) in [5.74, 6) is 1.29. The largest absolute Gasteiger partial charge is 0.481 e. The van der Waals surface area contributed by atoms with Crippen molar-refractivity contribution >= 4 is 5.97 Å². The molecule has 3 heteroatoms. The topological polar surface area (TPSA) is 40.5 Å². The summed E-state index contributed by atoms with van der Waals surface area (Å²) < 4.78 is 0. The van der Waals surface area contributed by atoms with E-state index in [-0.39, 0.29) is 0 Å². The summed E-state index contributed by atoms with van der Waals surface area (Å²) in [5, 5.41) is 8.79. The molecule has 1 saturated heterocycles. The lowest BCUT2D eigenvalue weighted by molar-refractivity contribution is -0.137. The van der Waals surface area contributed by atoms with E-state index in [0.717, 1.165) is 25.3 Å². The highest BCUT2D eigenvalue weighted by Crippen LogP contribution is 2.34. The average Bonchev–Trinajstić information content (AvgIpc) is 2.16. The van der Waals surface area contributed by atoms with Crippen molar-refractivity contribution in [2.45, 2.75) is 53.9 Å². The summed E-state index contributed by atoms with van der Waals surface area (Å²) >= 11 is 0. The van der Waals surface area contributed by atoms with E-state index in [1.165, 1.54) is 13.1 Å². The van der Waals surface area contributed by atoms with E-state index in [0.29, 0.717) is 23.7 Å². The molecule has 0 saturated carbocycles. The highest BCUT2D eigenvalue weighted by atomic mass is 16.4. The molecule has 0 radical (unpaired) electrons. The first-order valence-corrected chi connectivity index (χ1v) is 7.64. The van der Waals surface area contributed by atoms with Crippen molar-refractivity contribution in [3.63, 3.8) is 0 Å². The molecule has 0 bridgehead atoms. The highest BCUT2D eigenvalue weighted by molar-refractivity contribution is 5.66. The molecule has 1 N–H and O–H groups in total. The van der Waals surface area contributed by atoms with E-state index in [4.69, 9.17) is 5.11 Å². The van der Waals surface area contributed by atoms with Crippen LogP contribution in [0.25, 0.3) is 0 Å². The number of carboxylic acids is 1. The molecule has 0 aromatic heterocycles. The molecule has 0 aromatic carbocycles. The number of carbonyl (C=O) groups is 1. The van der Waals surface area contributed by atoms with Gasteiger partial charge in [-0.15, -0.1) is 0 Å². The van der Waals surface area contributed by atoms with Crippen molar-refractivity contribution < 1.29 is 9.90 Å². The van der Waals surface area contributed by atoms with Gasteiger partial charge in [0.05, 0.1) is 0 Å². The zero-order valence-corrected chi connectivity index (χ0v) is 13.3. The molecule has 0 amide bonds. The van der Waals surface area contributed by atoms with Crippen molar-refractivity contribution in [3.05, 3.63) is 0 Å². The Morgan fingerprint density at radius 3 is 2.26 bits per heavy atom. The second-order valence-corrected chi connectivity index (χ2v) is 7.55. The van der Waals surface area contributed by atoms with E-state index in [2.05, 4.69) is 39.5 Å². The predicted molar refractivity (Wildman–Crippen MR) is 79.2 cm³/mol. The SMILES string of the molecule is CC(C)C(CCC(=O)O)CCN1CC(C(C)(C)C)C1. The Kier molecular flexibility index (Phi) is 5.84. The molecule has 1 fully saturated rings. The van der Waals surface area contributed by atoms with Crippen LogP contribution < -0.4 is 0 Å². The summed E-state index contributed by atoms with van der Waals surface area (Å²) in [5.41, 5.74) is 0.428. The van der Waals surface area contributed by atoms with Crippen molar-refractivity contribution in [2.75, 3.05) is 19.6 Å². The number of aliphatic carboxylic acids is 1. The van der Waals surface area contributed by atoms with Crippen molar-refractivity contribution in [2.24, 2.45) is 23.2 Å². The van der Waals surface area contributed by atoms with Gasteiger partial charge in [-0.3, -0.25) is 4.79 Å². The van der Waals surface area contributed by atoms with Gasteiger partial charge in [0.15, 0.2) is 0 Å². The zero-order valence-electron chi connectivity index (χ0n) is 13.3. The summed E-state index contributed by atoms with van der Waals surface area (Å²) in [6.07, 6.45) is 2.28. The molecule has 0 aliphatic carbocycles. The highest BCUT2D eigenvalue weighted by Gasteiger charge is 2.35. The molecule has 0 spiro atoms. The van der Waals surface area contributed by atoms with Crippen LogP contribution in [0.2, 0.25) is 0 Å². The minimum absolute atomic E-state index is 0.313. The Morgan fingerprint density at radius 1 is 1.26 bits per heavy atom. The number of carboxylic acid groups (broad SMARTS) is 1. The van der Waals surface area contributed by atoms with Gasteiger partial charge >= 0.3 is 5.97 Å². The molecule has 112 valence electrons. The van der Waals surface area contributed by atoms with Crippen molar-refractivity contribution in [1.82, 2.24) is 4.90 Å². The fraction of sp³-hybridized carbons (Fsp3) is 0.938. The maximum Gasteiger partial charge on any atom is 0.303 e. The monoisotopic (exact) mass is 269 g/mol. The van der Waals surface area contributed by atoms with Gasteiger partial charge in [-0.1, -0.05) is 34.6 Å². The van der Waals surface area contributed by atoms with E-state index in [9.17, 15) is 4.79 Å². The first kappa shape index (κ1) is 16.5. The number of likely N-dealkylation sites (tertiary alicyclic amines) is 1. The standard InChI is InChI=1S/C16H31NO2/c1-12(2)13(6-7-15(18)19)8-9-17-10-14(11-17)16(3,4)5/h12-14H,6-11H2,1-5H3,(H,18,19). The van der Waals surface area contributed by atoms with Crippen LogP contribution in [0.15, 0.2) is 0 Å². The first-order valence-electron chi connectivity index (χ1n) is 7.64. The van der Waals surface area contributed by atoms with Gasteiger partial charge < -0.3 is 10.0 Å². The van der Waals surface area contributed by atoms with Crippen LogP contribution in [-0.4, -0.2) is 35.6 Å². The molecule has 19 heavy (non-hydrogen) atoms. The number of hydrogen-bond acceptors (Lipinski definition) is 2. The maximum absolute atomic E-state index is 10.7. The summed E-state index contributed by atoms with van der Waals surface area (Å²) in [6, 6.07) is 0. The number of hydrogen-bond donors (Lipinski definition) is 1. The second-order valence-electron chi connectivity index (χ2n) is 7.55. The third-order valence-electron chi connectivity index (χ3n) is 4.67. The van der Waals surface area contributed by atoms with Gasteiger partial charge in [0, 0.05) is 19.5 Å². The quantitative estimate of drug-likeness (QED) is 0.769. The molecule has 3 nitrogen and oxygen atoms in total. The molecular weight excluding hydrogens is 238 g/mol. The summed E-state index contributed by atoms with van der Waals surface area (Å²) in [7, 11) is 0. The minimum Gasteiger partial charge on any atom is -0.481 e. The van der Waals surface area contributed by atoms with Crippen molar-refractivity contribution in [3.8, 4) is 0 Å². The van der Waals surface area contributed by atoms with E-state index in [1.807, 2.05) is 0 Å². The normalized spacial score (nSPS) is 19.5. The van der Waals surface area contributed by atoms with Gasteiger partial charge in [0.1, 0.15) is 0 Å². The van der Waals surface area contributed by atoms with Crippen LogP contribution in [0.4, 0.5) is 0 Å². The van der Waals surface area contributed by atoms with Crippen LogP contribution >= 0.6 is 0 Å². The molecule has 1 aliphatic heterocycles. The Balaban J connectivity index is 2.25.